The maximum Gasteiger partial charge on any atom is 0.124 e. The van der Waals surface area contributed by atoms with E-state index in [4.69, 9.17) is 5.11 Å². The van der Waals surface area contributed by atoms with E-state index in [1.54, 1.807) is 0 Å². The maximum absolute atomic E-state index is 9.88. The van der Waals surface area contributed by atoms with Crippen molar-refractivity contribution in [2.45, 2.75) is 33.3 Å². The Balaban J connectivity index is 3.42. The zero-order valence-electron chi connectivity index (χ0n) is 8.63. The molecule has 0 atom stereocenters. The average molecular weight is 259 g/mol. The van der Waals surface area contributed by atoms with Crippen molar-refractivity contribution >= 4 is 15.9 Å². The molecule has 0 saturated carbocycles. The standard InChI is InChI=1S/C11H15BrO2/c1-6(2)8-4-10(12)7(3)9(5-13)11(8)14/h4,6,13-14H,5H2,1-3H3. The largest absolute Gasteiger partial charge is 0.507 e. The molecule has 1 aromatic rings. The Hall–Kier alpha value is -0.540. The number of halogens is 1. The van der Waals surface area contributed by atoms with Gasteiger partial charge in [0.2, 0.25) is 0 Å². The highest BCUT2D eigenvalue weighted by molar-refractivity contribution is 9.10. The molecule has 0 spiro atoms. The van der Waals surface area contributed by atoms with E-state index >= 15 is 0 Å². The monoisotopic (exact) mass is 258 g/mol. The highest BCUT2D eigenvalue weighted by Gasteiger charge is 2.14. The first-order chi connectivity index (χ1) is 6.49. The number of rotatable bonds is 2. The Kier molecular flexibility index (Phi) is 3.56. The summed E-state index contributed by atoms with van der Waals surface area (Å²) >= 11 is 3.42. The van der Waals surface area contributed by atoms with E-state index in [-0.39, 0.29) is 18.3 Å². The molecule has 1 rings (SSSR count). The lowest BCUT2D eigenvalue weighted by molar-refractivity contribution is 0.274. The smallest absolute Gasteiger partial charge is 0.124 e. The van der Waals surface area contributed by atoms with Crippen LogP contribution in [0.15, 0.2) is 10.5 Å². The summed E-state index contributed by atoms with van der Waals surface area (Å²) < 4.78 is 0.933. The predicted molar refractivity (Wildman–Crippen MR) is 60.6 cm³/mol. The summed E-state index contributed by atoms with van der Waals surface area (Å²) in [4.78, 5) is 0. The lowest BCUT2D eigenvalue weighted by Gasteiger charge is -2.15. The second-order valence-electron chi connectivity index (χ2n) is 3.71. The van der Waals surface area contributed by atoms with Gasteiger partial charge in [0.15, 0.2) is 0 Å². The molecule has 0 saturated heterocycles. The molecule has 0 aliphatic rings. The summed E-state index contributed by atoms with van der Waals surface area (Å²) in [6, 6.07) is 1.91. The minimum Gasteiger partial charge on any atom is -0.507 e. The minimum absolute atomic E-state index is 0.128. The number of aromatic hydroxyl groups is 1. The molecule has 1 aromatic carbocycles. The van der Waals surface area contributed by atoms with Gasteiger partial charge in [0.25, 0.3) is 0 Å². The Bertz CT molecular complexity index is 346. The summed E-state index contributed by atoms with van der Waals surface area (Å²) in [5, 5.41) is 19.0. The molecule has 0 aromatic heterocycles. The zero-order valence-corrected chi connectivity index (χ0v) is 10.2. The third-order valence-electron chi connectivity index (χ3n) is 2.43. The number of phenols is 1. The molecule has 2 nitrogen and oxygen atoms in total. The van der Waals surface area contributed by atoms with Crippen LogP contribution >= 0.6 is 15.9 Å². The molecule has 0 heterocycles. The Morgan fingerprint density at radius 2 is 2.00 bits per heavy atom. The molecule has 0 bridgehead atoms. The van der Waals surface area contributed by atoms with E-state index in [1.807, 2.05) is 26.8 Å². The zero-order chi connectivity index (χ0) is 10.9. The van der Waals surface area contributed by atoms with Gasteiger partial charge >= 0.3 is 0 Å². The first-order valence-electron chi connectivity index (χ1n) is 4.60. The van der Waals surface area contributed by atoms with Crippen LogP contribution in [0.3, 0.4) is 0 Å². The van der Waals surface area contributed by atoms with Crippen molar-refractivity contribution in [1.82, 2.24) is 0 Å². The van der Waals surface area contributed by atoms with E-state index in [0.717, 1.165) is 15.6 Å². The predicted octanol–water partition coefficient (Wildman–Crippen LogP) is 3.08. The third kappa shape index (κ3) is 1.93. The summed E-state index contributed by atoms with van der Waals surface area (Å²) in [5.74, 6) is 0.473. The van der Waals surface area contributed by atoms with Crippen molar-refractivity contribution in [3.63, 3.8) is 0 Å². The van der Waals surface area contributed by atoms with Crippen LogP contribution in [0.4, 0.5) is 0 Å². The molecule has 14 heavy (non-hydrogen) atoms. The Morgan fingerprint density at radius 3 is 2.43 bits per heavy atom. The van der Waals surface area contributed by atoms with Crippen LogP contribution in [0.25, 0.3) is 0 Å². The summed E-state index contributed by atoms with van der Waals surface area (Å²) in [6.45, 7) is 5.77. The van der Waals surface area contributed by atoms with Crippen molar-refractivity contribution in [2.24, 2.45) is 0 Å². The van der Waals surface area contributed by atoms with Gasteiger partial charge in [-0.15, -0.1) is 0 Å². The van der Waals surface area contributed by atoms with Crippen LogP contribution < -0.4 is 0 Å². The van der Waals surface area contributed by atoms with E-state index in [0.29, 0.717) is 5.56 Å². The van der Waals surface area contributed by atoms with Crippen molar-refractivity contribution in [1.29, 1.82) is 0 Å². The Labute approximate surface area is 92.7 Å². The van der Waals surface area contributed by atoms with Gasteiger partial charge in [-0.25, -0.2) is 0 Å². The van der Waals surface area contributed by atoms with Crippen LogP contribution in [0.1, 0.15) is 36.5 Å². The lowest BCUT2D eigenvalue weighted by atomic mass is 9.96. The van der Waals surface area contributed by atoms with Gasteiger partial charge in [0.1, 0.15) is 5.75 Å². The molecule has 0 unspecified atom stereocenters. The van der Waals surface area contributed by atoms with Gasteiger partial charge in [-0.05, 0) is 30.0 Å². The lowest BCUT2D eigenvalue weighted by Crippen LogP contribution is -1.97. The average Bonchev–Trinajstić information content (AvgIpc) is 2.12. The first-order valence-corrected chi connectivity index (χ1v) is 5.40. The molecule has 78 valence electrons. The molecule has 0 fully saturated rings. The number of benzene rings is 1. The van der Waals surface area contributed by atoms with Gasteiger partial charge in [0, 0.05) is 10.0 Å². The topological polar surface area (TPSA) is 40.5 Å². The summed E-state index contributed by atoms with van der Waals surface area (Å²) in [6.07, 6.45) is 0. The van der Waals surface area contributed by atoms with Gasteiger partial charge in [0.05, 0.1) is 6.61 Å². The van der Waals surface area contributed by atoms with Crippen molar-refractivity contribution in [2.75, 3.05) is 0 Å². The van der Waals surface area contributed by atoms with Crippen LogP contribution in [0, 0.1) is 6.92 Å². The molecule has 0 radical (unpaired) electrons. The molecule has 3 heteroatoms. The maximum atomic E-state index is 9.88. The van der Waals surface area contributed by atoms with E-state index in [9.17, 15) is 5.11 Å². The van der Waals surface area contributed by atoms with Crippen LogP contribution in [0.2, 0.25) is 0 Å². The van der Waals surface area contributed by atoms with E-state index in [1.165, 1.54) is 0 Å². The number of hydrogen-bond donors (Lipinski definition) is 2. The molecule has 2 N–H and O–H groups in total. The fourth-order valence-electron chi connectivity index (χ4n) is 1.44. The fraction of sp³-hybridized carbons (Fsp3) is 0.455. The summed E-state index contributed by atoms with van der Waals surface area (Å²) in [7, 11) is 0. The molecular formula is C11H15BrO2. The van der Waals surface area contributed by atoms with Crippen molar-refractivity contribution < 1.29 is 10.2 Å². The number of aliphatic hydroxyl groups excluding tert-OH is 1. The minimum atomic E-state index is -0.128. The van der Waals surface area contributed by atoms with E-state index in [2.05, 4.69) is 15.9 Å². The fourth-order valence-corrected chi connectivity index (χ4v) is 1.93. The van der Waals surface area contributed by atoms with Crippen LogP contribution in [-0.4, -0.2) is 10.2 Å². The highest BCUT2D eigenvalue weighted by atomic mass is 79.9. The first kappa shape index (κ1) is 11.5. The SMILES string of the molecule is Cc1c(Br)cc(C(C)C)c(O)c1CO. The van der Waals surface area contributed by atoms with Gasteiger partial charge in [-0.2, -0.15) is 0 Å². The summed E-state index contributed by atoms with van der Waals surface area (Å²) in [5.41, 5.74) is 2.38. The van der Waals surface area contributed by atoms with Gasteiger partial charge < -0.3 is 10.2 Å². The normalized spacial score (nSPS) is 11.0. The highest BCUT2D eigenvalue weighted by Crippen LogP contribution is 2.35. The van der Waals surface area contributed by atoms with Crippen molar-refractivity contribution in [3.05, 3.63) is 27.2 Å². The molecule has 0 amide bonds. The van der Waals surface area contributed by atoms with Gasteiger partial charge in [-0.1, -0.05) is 29.8 Å². The second kappa shape index (κ2) is 4.32. The third-order valence-corrected chi connectivity index (χ3v) is 3.26. The van der Waals surface area contributed by atoms with Gasteiger partial charge in [-0.3, -0.25) is 0 Å². The van der Waals surface area contributed by atoms with Crippen LogP contribution in [-0.2, 0) is 6.61 Å². The van der Waals surface area contributed by atoms with Crippen molar-refractivity contribution in [3.8, 4) is 5.75 Å². The second-order valence-corrected chi connectivity index (χ2v) is 4.57. The number of hydrogen-bond acceptors (Lipinski definition) is 2. The van der Waals surface area contributed by atoms with Crippen LogP contribution in [0.5, 0.6) is 5.75 Å². The Morgan fingerprint density at radius 1 is 1.43 bits per heavy atom. The molecule has 0 aliphatic heterocycles. The molecular weight excluding hydrogens is 244 g/mol. The molecule has 0 aliphatic carbocycles. The quantitative estimate of drug-likeness (QED) is 0.856. The number of aliphatic hydroxyl groups is 1. The van der Waals surface area contributed by atoms with E-state index < -0.39 is 0 Å².